The Kier molecular flexibility index (Phi) is 10.5. The number of benzene rings is 1. The third-order valence-corrected chi connectivity index (χ3v) is 7.99. The van der Waals surface area contributed by atoms with Crippen molar-refractivity contribution in [2.75, 3.05) is 6.67 Å². The highest BCUT2D eigenvalue weighted by Crippen LogP contribution is 2.42. The van der Waals surface area contributed by atoms with Crippen molar-refractivity contribution in [2.24, 2.45) is 23.7 Å². The summed E-state index contributed by atoms with van der Waals surface area (Å²) in [7, 11) is 0. The summed E-state index contributed by atoms with van der Waals surface area (Å²) in [4.78, 5) is 0. The van der Waals surface area contributed by atoms with Gasteiger partial charge in [0.1, 0.15) is 0 Å². The first-order valence-electron chi connectivity index (χ1n) is 13.1. The summed E-state index contributed by atoms with van der Waals surface area (Å²) in [6, 6.07) is 9.50. The Bertz CT molecular complexity index is 585. The van der Waals surface area contributed by atoms with Gasteiger partial charge in [-0.05, 0) is 105 Å². The summed E-state index contributed by atoms with van der Waals surface area (Å²) in [6.45, 7) is 2.07. The Morgan fingerprint density at radius 3 is 2.00 bits per heavy atom. The molecule has 0 nitrogen and oxygen atoms in total. The van der Waals surface area contributed by atoms with Gasteiger partial charge >= 0.3 is 0 Å². The maximum Gasteiger partial charge on any atom is 0.0928 e. The standard InChI is InChI=1S/C29H45F/c1-2-3-4-7-24-9-11-26(12-10-24)13-14-27-17-21-29(22-18-27)28-19-15-25(16-20-28)8-5-6-23-30/h5,8-12,25,27-29H,2-4,6-7,13-23H2,1H3/b8-5+/t25-,27?,28-,29?. The number of allylic oxidation sites excluding steroid dienone is 2. The molecule has 1 heteroatoms. The minimum Gasteiger partial charge on any atom is -0.251 e. The van der Waals surface area contributed by atoms with Crippen molar-refractivity contribution in [3.05, 3.63) is 47.5 Å². The molecular weight excluding hydrogens is 367 g/mol. The third kappa shape index (κ3) is 7.86. The van der Waals surface area contributed by atoms with Gasteiger partial charge < -0.3 is 0 Å². The number of alkyl halides is 1. The quantitative estimate of drug-likeness (QED) is 0.251. The molecule has 1 aromatic rings. The molecule has 0 saturated heterocycles. The molecule has 0 aromatic heterocycles. The van der Waals surface area contributed by atoms with Crippen LogP contribution in [0, 0.1) is 23.7 Å². The number of hydrogen-bond acceptors (Lipinski definition) is 0. The van der Waals surface area contributed by atoms with E-state index in [-0.39, 0.29) is 6.67 Å². The van der Waals surface area contributed by atoms with Gasteiger partial charge in [-0.3, -0.25) is 4.39 Å². The molecular formula is C29H45F. The number of unbranched alkanes of at least 4 members (excludes halogenated alkanes) is 2. The maximum absolute atomic E-state index is 12.3. The van der Waals surface area contributed by atoms with E-state index in [0.29, 0.717) is 6.42 Å². The maximum atomic E-state index is 12.3. The third-order valence-electron chi connectivity index (χ3n) is 7.99. The van der Waals surface area contributed by atoms with Gasteiger partial charge in [-0.25, -0.2) is 0 Å². The van der Waals surface area contributed by atoms with Crippen LogP contribution in [-0.2, 0) is 12.8 Å². The van der Waals surface area contributed by atoms with E-state index in [1.165, 1.54) is 101 Å². The normalized spacial score (nSPS) is 27.5. The highest BCUT2D eigenvalue weighted by molar-refractivity contribution is 5.22. The Morgan fingerprint density at radius 1 is 0.800 bits per heavy atom. The number of hydrogen-bond donors (Lipinski definition) is 0. The minimum atomic E-state index is -0.209. The van der Waals surface area contributed by atoms with E-state index in [9.17, 15) is 4.39 Å². The van der Waals surface area contributed by atoms with Gasteiger partial charge in [0.15, 0.2) is 0 Å². The van der Waals surface area contributed by atoms with Gasteiger partial charge in [0, 0.05) is 0 Å². The van der Waals surface area contributed by atoms with Crippen LogP contribution in [-0.4, -0.2) is 6.67 Å². The highest BCUT2D eigenvalue weighted by Gasteiger charge is 2.30. The van der Waals surface area contributed by atoms with Crippen molar-refractivity contribution in [1.29, 1.82) is 0 Å². The second-order valence-electron chi connectivity index (χ2n) is 10.2. The van der Waals surface area contributed by atoms with Crippen molar-refractivity contribution in [3.8, 4) is 0 Å². The highest BCUT2D eigenvalue weighted by atomic mass is 19.1. The first kappa shape index (κ1) is 23.6. The van der Waals surface area contributed by atoms with Crippen LogP contribution in [0.3, 0.4) is 0 Å². The summed E-state index contributed by atoms with van der Waals surface area (Å²) in [5, 5.41) is 0. The van der Waals surface area contributed by atoms with E-state index in [1.807, 2.05) is 0 Å². The summed E-state index contributed by atoms with van der Waals surface area (Å²) < 4.78 is 12.3. The van der Waals surface area contributed by atoms with Crippen molar-refractivity contribution < 1.29 is 4.39 Å². The lowest BCUT2D eigenvalue weighted by Crippen LogP contribution is -2.25. The van der Waals surface area contributed by atoms with Crippen molar-refractivity contribution in [3.63, 3.8) is 0 Å². The van der Waals surface area contributed by atoms with Crippen LogP contribution >= 0.6 is 0 Å². The Balaban J connectivity index is 1.31. The number of aryl methyl sites for hydroxylation is 2. The van der Waals surface area contributed by atoms with Crippen molar-refractivity contribution >= 4 is 0 Å². The second-order valence-corrected chi connectivity index (χ2v) is 10.2. The first-order chi connectivity index (χ1) is 14.8. The molecule has 3 rings (SSSR count). The van der Waals surface area contributed by atoms with E-state index in [4.69, 9.17) is 0 Å². The fourth-order valence-corrected chi connectivity index (χ4v) is 5.93. The molecule has 0 radical (unpaired) electrons. The lowest BCUT2D eigenvalue weighted by Gasteiger charge is -2.37. The lowest BCUT2D eigenvalue weighted by atomic mass is 9.68. The van der Waals surface area contributed by atoms with E-state index < -0.39 is 0 Å². The van der Waals surface area contributed by atoms with Gasteiger partial charge in [-0.15, -0.1) is 0 Å². The van der Waals surface area contributed by atoms with Gasteiger partial charge in [0.25, 0.3) is 0 Å². The first-order valence-corrected chi connectivity index (χ1v) is 13.1. The predicted octanol–water partition coefficient (Wildman–Crippen LogP) is 8.88. The van der Waals surface area contributed by atoms with Gasteiger partial charge in [-0.2, -0.15) is 0 Å². The molecule has 0 atom stereocenters. The van der Waals surface area contributed by atoms with Crippen LogP contribution in [0.4, 0.5) is 4.39 Å². The average molecular weight is 413 g/mol. The summed E-state index contributed by atoms with van der Waals surface area (Å²) in [5.41, 5.74) is 3.05. The van der Waals surface area contributed by atoms with E-state index in [1.54, 1.807) is 0 Å². The SMILES string of the molecule is CCCCCc1ccc(CCC2CCC([C@H]3CC[C@H](/C=C/CCF)CC3)CC2)cc1. The molecule has 1 aromatic carbocycles. The van der Waals surface area contributed by atoms with Crippen LogP contribution in [0.1, 0.15) is 102 Å². The Morgan fingerprint density at radius 2 is 1.40 bits per heavy atom. The molecule has 30 heavy (non-hydrogen) atoms. The predicted molar refractivity (Wildman–Crippen MR) is 129 cm³/mol. The minimum absolute atomic E-state index is 0.209. The van der Waals surface area contributed by atoms with Crippen LogP contribution < -0.4 is 0 Å². The molecule has 2 fully saturated rings. The van der Waals surface area contributed by atoms with Gasteiger partial charge in [0.05, 0.1) is 6.67 Å². The second kappa shape index (κ2) is 13.3. The molecule has 0 aliphatic heterocycles. The number of rotatable bonds is 11. The fourth-order valence-electron chi connectivity index (χ4n) is 5.93. The van der Waals surface area contributed by atoms with E-state index in [2.05, 4.69) is 43.3 Å². The average Bonchev–Trinajstić information content (AvgIpc) is 2.80. The van der Waals surface area contributed by atoms with Gasteiger partial charge in [-0.1, -0.05) is 69.0 Å². The molecule has 2 saturated carbocycles. The summed E-state index contributed by atoms with van der Waals surface area (Å²) in [6.07, 6.45) is 24.2. The van der Waals surface area contributed by atoms with E-state index in [0.717, 1.165) is 23.7 Å². The molecule has 0 spiro atoms. The molecule has 0 amide bonds. The zero-order chi connectivity index (χ0) is 21.0. The largest absolute Gasteiger partial charge is 0.251 e. The summed E-state index contributed by atoms with van der Waals surface area (Å²) in [5.74, 6) is 3.63. The molecule has 2 aliphatic rings. The lowest BCUT2D eigenvalue weighted by molar-refractivity contribution is 0.152. The molecule has 0 N–H and O–H groups in total. The van der Waals surface area contributed by atoms with Crippen LogP contribution in [0.5, 0.6) is 0 Å². The topological polar surface area (TPSA) is 0 Å². The zero-order valence-corrected chi connectivity index (χ0v) is 19.5. The van der Waals surface area contributed by atoms with Crippen molar-refractivity contribution in [1.82, 2.24) is 0 Å². The van der Waals surface area contributed by atoms with E-state index >= 15 is 0 Å². The smallest absolute Gasteiger partial charge is 0.0928 e. The Hall–Kier alpha value is -1.11. The number of halogens is 1. The molecule has 168 valence electrons. The Labute approximate surface area is 185 Å². The molecule has 2 aliphatic carbocycles. The van der Waals surface area contributed by atoms with Crippen LogP contribution in [0.2, 0.25) is 0 Å². The zero-order valence-electron chi connectivity index (χ0n) is 19.5. The molecule has 0 bridgehead atoms. The molecule has 0 unspecified atom stereocenters. The summed E-state index contributed by atoms with van der Waals surface area (Å²) >= 11 is 0. The van der Waals surface area contributed by atoms with Crippen molar-refractivity contribution in [2.45, 2.75) is 103 Å². The monoisotopic (exact) mass is 412 g/mol. The fraction of sp³-hybridized carbons (Fsp3) is 0.724. The molecule has 0 heterocycles. The van der Waals surface area contributed by atoms with Crippen LogP contribution in [0.25, 0.3) is 0 Å². The van der Waals surface area contributed by atoms with Crippen LogP contribution in [0.15, 0.2) is 36.4 Å². The van der Waals surface area contributed by atoms with Gasteiger partial charge in [0.2, 0.25) is 0 Å².